The number of nitrogens with one attached hydrogen (secondary N) is 1. The summed E-state index contributed by atoms with van der Waals surface area (Å²) in [5.74, 6) is 0.790. The summed E-state index contributed by atoms with van der Waals surface area (Å²) in [5.41, 5.74) is -0.263. The first kappa shape index (κ1) is 15.3. The number of rotatable bonds is 5. The molecular weight excluding hydrogens is 250 g/mol. The molecule has 18 heavy (non-hydrogen) atoms. The van der Waals surface area contributed by atoms with Gasteiger partial charge in [0.15, 0.2) is 0 Å². The minimum atomic E-state index is -0.821. The summed E-state index contributed by atoms with van der Waals surface area (Å²) >= 11 is 5.98. The predicted molar refractivity (Wildman–Crippen MR) is 75.2 cm³/mol. The van der Waals surface area contributed by atoms with Crippen molar-refractivity contribution < 1.29 is 9.84 Å². The van der Waals surface area contributed by atoms with E-state index >= 15 is 0 Å². The van der Waals surface area contributed by atoms with E-state index < -0.39 is 11.1 Å². The molecule has 1 aromatic carbocycles. The number of benzene rings is 1. The maximum Gasteiger partial charge on any atom is 0.123 e. The fourth-order valence-electron chi connectivity index (χ4n) is 1.42. The first-order valence-corrected chi connectivity index (χ1v) is 6.35. The topological polar surface area (TPSA) is 41.5 Å². The van der Waals surface area contributed by atoms with Gasteiger partial charge in [-0.05, 0) is 45.9 Å². The van der Waals surface area contributed by atoms with Crippen LogP contribution in [0.2, 0.25) is 5.02 Å². The normalized spacial score (nSPS) is 12.6. The lowest BCUT2D eigenvalue weighted by Gasteiger charge is -2.38. The van der Waals surface area contributed by atoms with Gasteiger partial charge in [0, 0.05) is 22.7 Å². The Morgan fingerprint density at radius 2 is 1.89 bits per heavy atom. The molecule has 0 aliphatic heterocycles. The van der Waals surface area contributed by atoms with Crippen LogP contribution in [-0.4, -0.2) is 23.4 Å². The first-order valence-electron chi connectivity index (χ1n) is 5.97. The Labute approximate surface area is 114 Å². The molecular formula is C14H22ClNO2. The molecule has 0 fully saturated rings. The summed E-state index contributed by atoms with van der Waals surface area (Å²) in [5, 5.41) is 14.1. The molecule has 1 rings (SSSR count). The van der Waals surface area contributed by atoms with Crippen LogP contribution in [0.1, 0.15) is 33.3 Å². The maximum atomic E-state index is 10.1. The van der Waals surface area contributed by atoms with E-state index in [1.807, 2.05) is 26.0 Å². The Morgan fingerprint density at radius 1 is 1.28 bits per heavy atom. The molecule has 0 bridgehead atoms. The average Bonchev–Trinajstić information content (AvgIpc) is 2.25. The smallest absolute Gasteiger partial charge is 0.123 e. The summed E-state index contributed by atoms with van der Waals surface area (Å²) in [6.45, 7) is 8.08. The van der Waals surface area contributed by atoms with Crippen LogP contribution < -0.4 is 10.1 Å². The molecule has 0 saturated carbocycles. The molecule has 0 radical (unpaired) electrons. The third-order valence-corrected chi connectivity index (χ3v) is 3.73. The highest BCUT2D eigenvalue weighted by Crippen LogP contribution is 2.25. The van der Waals surface area contributed by atoms with Gasteiger partial charge in [-0.25, -0.2) is 0 Å². The van der Waals surface area contributed by atoms with Crippen LogP contribution in [0.4, 0.5) is 0 Å². The molecule has 102 valence electrons. The lowest BCUT2D eigenvalue weighted by atomic mass is 9.86. The Kier molecular flexibility index (Phi) is 4.65. The van der Waals surface area contributed by atoms with E-state index in [2.05, 4.69) is 5.32 Å². The number of methoxy groups -OCH3 is 1. The molecule has 0 aliphatic rings. The molecule has 3 nitrogen and oxygen atoms in total. The summed E-state index contributed by atoms with van der Waals surface area (Å²) < 4.78 is 5.29. The number of aliphatic hydroxyl groups is 1. The molecule has 1 aromatic rings. The molecule has 0 aliphatic carbocycles. The van der Waals surface area contributed by atoms with Crippen LogP contribution in [-0.2, 0) is 6.54 Å². The summed E-state index contributed by atoms with van der Waals surface area (Å²) in [4.78, 5) is 0. The molecule has 2 N–H and O–H groups in total. The maximum absolute atomic E-state index is 10.1. The van der Waals surface area contributed by atoms with Gasteiger partial charge in [0.2, 0.25) is 0 Å². The van der Waals surface area contributed by atoms with Crippen molar-refractivity contribution in [2.75, 3.05) is 7.11 Å². The number of hydrogen-bond donors (Lipinski definition) is 2. The van der Waals surface area contributed by atoms with Gasteiger partial charge in [-0.15, -0.1) is 0 Å². The van der Waals surface area contributed by atoms with Gasteiger partial charge in [0.05, 0.1) is 12.7 Å². The molecule has 0 atom stereocenters. The zero-order chi connectivity index (χ0) is 14.0. The Balaban J connectivity index is 2.83. The Bertz CT molecular complexity index is 411. The lowest BCUT2D eigenvalue weighted by Crippen LogP contribution is -2.55. The van der Waals surface area contributed by atoms with Crippen molar-refractivity contribution in [3.63, 3.8) is 0 Å². The molecule has 0 aromatic heterocycles. The fraction of sp³-hybridized carbons (Fsp3) is 0.571. The zero-order valence-corrected chi connectivity index (χ0v) is 12.4. The number of ether oxygens (including phenoxy) is 1. The van der Waals surface area contributed by atoms with E-state index in [9.17, 15) is 5.11 Å². The number of halogens is 1. The van der Waals surface area contributed by atoms with E-state index in [1.165, 1.54) is 0 Å². The molecule has 4 heteroatoms. The third-order valence-electron chi connectivity index (χ3n) is 3.49. The van der Waals surface area contributed by atoms with E-state index in [4.69, 9.17) is 16.3 Å². The van der Waals surface area contributed by atoms with E-state index in [-0.39, 0.29) is 0 Å². The second-order valence-electron chi connectivity index (χ2n) is 5.49. The van der Waals surface area contributed by atoms with Crippen LogP contribution in [0, 0.1) is 0 Å². The van der Waals surface area contributed by atoms with Crippen molar-refractivity contribution in [3.05, 3.63) is 28.8 Å². The number of hydrogen-bond acceptors (Lipinski definition) is 3. The highest BCUT2D eigenvalue weighted by molar-refractivity contribution is 6.30. The van der Waals surface area contributed by atoms with Crippen molar-refractivity contribution in [1.82, 2.24) is 5.32 Å². The van der Waals surface area contributed by atoms with Crippen molar-refractivity contribution >= 4 is 11.6 Å². The first-order chi connectivity index (χ1) is 8.17. The predicted octanol–water partition coefficient (Wildman–Crippen LogP) is 2.99. The van der Waals surface area contributed by atoms with Crippen molar-refractivity contribution in [2.45, 2.75) is 45.4 Å². The molecule has 0 unspecified atom stereocenters. The SMILES string of the molecule is COc1ccc(Cl)cc1CNC(C)(C)C(C)(C)O. The molecule has 0 heterocycles. The summed E-state index contributed by atoms with van der Waals surface area (Å²) in [7, 11) is 1.63. The van der Waals surface area contributed by atoms with E-state index in [1.54, 1.807) is 27.0 Å². The highest BCUT2D eigenvalue weighted by atomic mass is 35.5. The molecule has 0 saturated heterocycles. The monoisotopic (exact) mass is 271 g/mol. The van der Waals surface area contributed by atoms with Gasteiger partial charge in [-0.1, -0.05) is 11.6 Å². The second-order valence-corrected chi connectivity index (χ2v) is 5.93. The fourth-order valence-corrected chi connectivity index (χ4v) is 1.61. The van der Waals surface area contributed by atoms with Crippen LogP contribution >= 0.6 is 11.6 Å². The van der Waals surface area contributed by atoms with Crippen LogP contribution in [0.3, 0.4) is 0 Å². The lowest BCUT2D eigenvalue weighted by molar-refractivity contribution is -0.00539. The van der Waals surface area contributed by atoms with Gasteiger partial charge in [-0.2, -0.15) is 0 Å². The van der Waals surface area contributed by atoms with Crippen LogP contribution in [0.5, 0.6) is 5.75 Å². The van der Waals surface area contributed by atoms with E-state index in [0.717, 1.165) is 11.3 Å². The second kappa shape index (κ2) is 5.47. The van der Waals surface area contributed by atoms with Gasteiger partial charge >= 0.3 is 0 Å². The standard InChI is InChI=1S/C14H22ClNO2/c1-13(2,14(3,4)17)16-9-10-8-11(15)6-7-12(10)18-5/h6-8,16-17H,9H2,1-5H3. The summed E-state index contributed by atoms with van der Waals surface area (Å²) in [6.07, 6.45) is 0. The van der Waals surface area contributed by atoms with Crippen molar-refractivity contribution in [3.8, 4) is 5.75 Å². The largest absolute Gasteiger partial charge is 0.496 e. The zero-order valence-electron chi connectivity index (χ0n) is 11.7. The minimum absolute atomic E-state index is 0.416. The van der Waals surface area contributed by atoms with Gasteiger partial charge in [0.25, 0.3) is 0 Å². The highest BCUT2D eigenvalue weighted by Gasteiger charge is 2.34. The third kappa shape index (κ3) is 3.61. The van der Waals surface area contributed by atoms with Gasteiger partial charge in [-0.3, -0.25) is 0 Å². The Hall–Kier alpha value is -0.770. The average molecular weight is 272 g/mol. The minimum Gasteiger partial charge on any atom is -0.496 e. The van der Waals surface area contributed by atoms with Crippen molar-refractivity contribution in [1.29, 1.82) is 0 Å². The quantitative estimate of drug-likeness (QED) is 0.865. The van der Waals surface area contributed by atoms with Gasteiger partial charge < -0.3 is 15.2 Å². The molecule has 0 spiro atoms. The van der Waals surface area contributed by atoms with E-state index in [0.29, 0.717) is 11.6 Å². The van der Waals surface area contributed by atoms with Crippen LogP contribution in [0.25, 0.3) is 0 Å². The van der Waals surface area contributed by atoms with Crippen molar-refractivity contribution in [2.24, 2.45) is 0 Å². The van der Waals surface area contributed by atoms with Crippen LogP contribution in [0.15, 0.2) is 18.2 Å². The Morgan fingerprint density at radius 3 is 2.39 bits per heavy atom. The molecule has 0 amide bonds. The summed E-state index contributed by atoms with van der Waals surface area (Å²) in [6, 6.07) is 5.51. The van der Waals surface area contributed by atoms with Gasteiger partial charge in [0.1, 0.15) is 5.75 Å².